The average Bonchev–Trinajstić information content (AvgIpc) is 3.12. The van der Waals surface area contributed by atoms with Gasteiger partial charge in [-0.25, -0.2) is 4.79 Å². The predicted molar refractivity (Wildman–Crippen MR) is 84.9 cm³/mol. The van der Waals surface area contributed by atoms with Gasteiger partial charge in [0.25, 0.3) is 5.91 Å². The van der Waals surface area contributed by atoms with Gasteiger partial charge < -0.3 is 15.0 Å². The van der Waals surface area contributed by atoms with E-state index in [1.807, 2.05) is 18.4 Å². The van der Waals surface area contributed by atoms with E-state index in [9.17, 15) is 9.59 Å². The maximum atomic E-state index is 12.0. The van der Waals surface area contributed by atoms with E-state index in [-0.39, 0.29) is 18.6 Å². The maximum absolute atomic E-state index is 12.0. The van der Waals surface area contributed by atoms with Crippen LogP contribution in [0.25, 0.3) is 0 Å². The molecule has 122 valence electrons. The minimum absolute atomic E-state index is 0.215. The van der Waals surface area contributed by atoms with Gasteiger partial charge in [0.05, 0.1) is 4.88 Å². The fourth-order valence-electron chi connectivity index (χ4n) is 2.60. The van der Waals surface area contributed by atoms with Crippen molar-refractivity contribution in [3.05, 3.63) is 22.4 Å². The molecule has 0 aliphatic carbocycles. The van der Waals surface area contributed by atoms with E-state index < -0.39 is 6.03 Å². The number of quaternary nitrogens is 1. The summed E-state index contributed by atoms with van der Waals surface area (Å²) < 4.78 is 5.68. The fourth-order valence-corrected chi connectivity index (χ4v) is 3.37. The lowest BCUT2D eigenvalue weighted by Crippen LogP contribution is -3.13. The summed E-state index contributed by atoms with van der Waals surface area (Å²) in [7, 11) is 0. The van der Waals surface area contributed by atoms with Gasteiger partial charge in [-0.3, -0.25) is 10.1 Å². The smallest absolute Gasteiger partial charge is 0.321 e. The molecule has 0 saturated carbocycles. The molecule has 2 rings (SSSR count). The predicted octanol–water partition coefficient (Wildman–Crippen LogP) is 0.158. The Morgan fingerprint density at radius 2 is 2.36 bits per heavy atom. The number of urea groups is 1. The molecule has 22 heavy (non-hydrogen) atoms. The maximum Gasteiger partial charge on any atom is 0.321 e. The molecule has 1 aromatic heterocycles. The van der Waals surface area contributed by atoms with E-state index >= 15 is 0 Å². The third kappa shape index (κ3) is 5.75. The first kappa shape index (κ1) is 16.9. The molecule has 0 aromatic carbocycles. The Balaban J connectivity index is 1.88. The van der Waals surface area contributed by atoms with Crippen LogP contribution in [-0.2, 0) is 16.1 Å². The largest absolute Gasteiger partial charge is 0.372 e. The van der Waals surface area contributed by atoms with Gasteiger partial charge in [0.2, 0.25) is 0 Å². The molecule has 1 aliphatic rings. The van der Waals surface area contributed by atoms with Gasteiger partial charge >= 0.3 is 6.03 Å². The zero-order valence-corrected chi connectivity index (χ0v) is 13.7. The van der Waals surface area contributed by atoms with Crippen molar-refractivity contribution in [2.45, 2.75) is 32.4 Å². The standard InChI is InChI=1S/C15H23N3O3S/c1-2-16-15(20)17-14(19)11-18(9-12-5-3-7-21-12)10-13-6-4-8-22-13/h4,6,8,12H,2-3,5,7,9-11H2,1H3,(H2,16,17,19,20)/p+1/t12-/m0/s1. The lowest BCUT2D eigenvalue weighted by Gasteiger charge is -2.21. The highest BCUT2D eigenvalue weighted by Gasteiger charge is 2.24. The Bertz CT molecular complexity index is 472. The Morgan fingerprint density at radius 1 is 1.50 bits per heavy atom. The molecule has 1 fully saturated rings. The Hall–Kier alpha value is -1.44. The van der Waals surface area contributed by atoms with Crippen LogP contribution in [0.2, 0.25) is 0 Å². The first-order chi connectivity index (χ1) is 10.7. The second-order valence-electron chi connectivity index (χ2n) is 5.43. The first-order valence-electron chi connectivity index (χ1n) is 7.72. The van der Waals surface area contributed by atoms with Gasteiger partial charge in [0, 0.05) is 13.2 Å². The van der Waals surface area contributed by atoms with Gasteiger partial charge in [-0.1, -0.05) is 6.07 Å². The quantitative estimate of drug-likeness (QED) is 0.668. The van der Waals surface area contributed by atoms with Gasteiger partial charge in [0.1, 0.15) is 19.2 Å². The van der Waals surface area contributed by atoms with Gasteiger partial charge in [-0.05, 0) is 31.2 Å². The van der Waals surface area contributed by atoms with E-state index in [4.69, 9.17) is 4.74 Å². The van der Waals surface area contributed by atoms with Crippen LogP contribution in [0.15, 0.2) is 17.5 Å². The van der Waals surface area contributed by atoms with Crippen LogP contribution in [-0.4, -0.2) is 44.3 Å². The van der Waals surface area contributed by atoms with E-state index in [0.29, 0.717) is 6.54 Å². The average molecular weight is 326 g/mol. The third-order valence-corrected chi connectivity index (χ3v) is 4.42. The third-order valence-electron chi connectivity index (χ3n) is 3.55. The van der Waals surface area contributed by atoms with Crippen molar-refractivity contribution in [1.29, 1.82) is 0 Å². The first-order valence-corrected chi connectivity index (χ1v) is 8.60. The molecule has 2 heterocycles. The van der Waals surface area contributed by atoms with Crippen LogP contribution in [0.5, 0.6) is 0 Å². The molecule has 0 spiro atoms. The molecular formula is C15H24N3O3S+. The molecule has 6 nitrogen and oxygen atoms in total. The number of hydrogen-bond donors (Lipinski definition) is 3. The summed E-state index contributed by atoms with van der Waals surface area (Å²) >= 11 is 1.69. The molecule has 3 amide bonds. The number of ether oxygens (including phenoxy) is 1. The van der Waals surface area contributed by atoms with Crippen LogP contribution in [0.3, 0.4) is 0 Å². The zero-order valence-electron chi connectivity index (χ0n) is 12.9. The number of rotatable bonds is 7. The van der Waals surface area contributed by atoms with Crippen molar-refractivity contribution in [1.82, 2.24) is 10.6 Å². The van der Waals surface area contributed by atoms with Gasteiger partial charge in [-0.2, -0.15) is 0 Å². The van der Waals surface area contributed by atoms with Crippen LogP contribution >= 0.6 is 11.3 Å². The fraction of sp³-hybridized carbons (Fsp3) is 0.600. The molecule has 1 saturated heterocycles. The van der Waals surface area contributed by atoms with E-state index in [1.54, 1.807) is 11.3 Å². The second kappa shape index (κ2) is 8.87. The zero-order chi connectivity index (χ0) is 15.8. The second-order valence-corrected chi connectivity index (χ2v) is 6.46. The number of imide groups is 1. The van der Waals surface area contributed by atoms with Crippen molar-refractivity contribution < 1.29 is 19.2 Å². The molecule has 2 atom stereocenters. The summed E-state index contributed by atoms with van der Waals surface area (Å²) in [6, 6.07) is 3.65. The van der Waals surface area contributed by atoms with Gasteiger partial charge in [0.15, 0.2) is 6.54 Å². The van der Waals surface area contributed by atoms with E-state index in [1.165, 1.54) is 4.88 Å². The lowest BCUT2D eigenvalue weighted by molar-refractivity contribution is -0.908. The number of hydrogen-bond acceptors (Lipinski definition) is 4. The normalized spacial score (nSPS) is 18.9. The number of amides is 3. The number of thiophene rings is 1. The topological polar surface area (TPSA) is 71.9 Å². The summed E-state index contributed by atoms with van der Waals surface area (Å²) in [5.41, 5.74) is 0. The minimum Gasteiger partial charge on any atom is -0.372 e. The highest BCUT2D eigenvalue weighted by atomic mass is 32.1. The Kier molecular flexibility index (Phi) is 6.82. The SMILES string of the molecule is CCNC(=O)NC(=O)C[NH+](Cc1cccs1)C[C@@H]1CCCO1. The number of carbonyl (C=O) groups is 2. The lowest BCUT2D eigenvalue weighted by atomic mass is 10.2. The highest BCUT2D eigenvalue weighted by molar-refractivity contribution is 7.09. The van der Waals surface area contributed by atoms with Crippen molar-refractivity contribution in [2.24, 2.45) is 0 Å². The molecule has 1 aromatic rings. The summed E-state index contributed by atoms with van der Waals surface area (Å²) in [6.45, 7) is 4.97. The number of nitrogens with one attached hydrogen (secondary N) is 3. The molecule has 3 N–H and O–H groups in total. The summed E-state index contributed by atoms with van der Waals surface area (Å²) in [5, 5.41) is 6.97. The molecule has 0 radical (unpaired) electrons. The summed E-state index contributed by atoms with van der Waals surface area (Å²) in [6.07, 6.45) is 2.35. The van der Waals surface area contributed by atoms with Gasteiger partial charge in [-0.15, -0.1) is 11.3 Å². The van der Waals surface area contributed by atoms with Crippen molar-refractivity contribution in [3.63, 3.8) is 0 Å². The highest BCUT2D eigenvalue weighted by Crippen LogP contribution is 2.10. The van der Waals surface area contributed by atoms with E-state index in [0.717, 1.165) is 37.4 Å². The Labute approximate surface area is 134 Å². The molecular weight excluding hydrogens is 302 g/mol. The van der Waals surface area contributed by atoms with Crippen LogP contribution in [0.1, 0.15) is 24.6 Å². The summed E-state index contributed by atoms with van der Waals surface area (Å²) in [5.74, 6) is -0.254. The number of carbonyl (C=O) groups excluding carboxylic acids is 2. The molecule has 1 unspecified atom stereocenters. The Morgan fingerprint density at radius 3 is 3.00 bits per heavy atom. The monoisotopic (exact) mass is 326 g/mol. The van der Waals surface area contributed by atoms with Crippen molar-refractivity contribution >= 4 is 23.3 Å². The molecule has 0 bridgehead atoms. The summed E-state index contributed by atoms with van der Waals surface area (Å²) in [4.78, 5) is 25.8. The molecule has 7 heteroatoms. The van der Waals surface area contributed by atoms with Crippen molar-refractivity contribution in [3.8, 4) is 0 Å². The van der Waals surface area contributed by atoms with Crippen LogP contribution in [0, 0.1) is 0 Å². The van der Waals surface area contributed by atoms with E-state index in [2.05, 4.69) is 16.7 Å². The molecule has 1 aliphatic heterocycles. The van der Waals surface area contributed by atoms with Crippen LogP contribution in [0.4, 0.5) is 4.79 Å². The van der Waals surface area contributed by atoms with Crippen molar-refractivity contribution in [2.75, 3.05) is 26.2 Å². The van der Waals surface area contributed by atoms with Crippen LogP contribution < -0.4 is 15.5 Å². The minimum atomic E-state index is -0.430.